The minimum Gasteiger partial charge on any atom is -0.494 e. The van der Waals surface area contributed by atoms with Gasteiger partial charge < -0.3 is 4.74 Å². The van der Waals surface area contributed by atoms with Gasteiger partial charge in [-0.05, 0) is 31.2 Å². The Morgan fingerprint density at radius 1 is 1.33 bits per heavy atom. The largest absolute Gasteiger partial charge is 0.494 e. The zero-order valence-electron chi connectivity index (χ0n) is 9.61. The predicted octanol–water partition coefficient (Wildman–Crippen LogP) is 3.86. The molecule has 6 heteroatoms. The Morgan fingerprint density at radius 2 is 2.00 bits per heavy atom. The Kier molecular flexibility index (Phi) is 3.81. The molecule has 0 unspecified atom stereocenters. The number of hydrogen-bond donors (Lipinski definition) is 0. The van der Waals surface area contributed by atoms with Crippen molar-refractivity contribution in [1.82, 2.24) is 9.78 Å². The molecule has 2 rings (SSSR count). The van der Waals surface area contributed by atoms with Gasteiger partial charge in [-0.1, -0.05) is 11.6 Å². The lowest BCUT2D eigenvalue weighted by Gasteiger charge is -2.05. The lowest BCUT2D eigenvalue weighted by molar-refractivity contribution is 0.145. The predicted molar refractivity (Wildman–Crippen MR) is 64.7 cm³/mol. The normalized spacial score (nSPS) is 10.9. The van der Waals surface area contributed by atoms with Crippen molar-refractivity contribution < 1.29 is 13.5 Å². The lowest BCUT2D eigenvalue weighted by atomic mass is 10.3. The van der Waals surface area contributed by atoms with Crippen LogP contribution in [0.25, 0.3) is 5.69 Å². The third kappa shape index (κ3) is 2.61. The summed E-state index contributed by atoms with van der Waals surface area (Å²) >= 11 is 5.86. The smallest absolute Gasteiger partial charge is 0.282 e. The molecule has 0 atom stereocenters. The van der Waals surface area contributed by atoms with Gasteiger partial charge in [0.1, 0.15) is 16.6 Å². The van der Waals surface area contributed by atoms with E-state index in [0.29, 0.717) is 18.0 Å². The van der Waals surface area contributed by atoms with Crippen LogP contribution < -0.4 is 4.74 Å². The molecule has 0 aliphatic heterocycles. The standard InChI is InChI=1S/C12H11ClF2N2O/c1-2-18-9-5-3-8(4-6-9)17-11(13)7-10(16-17)12(14)15/h3-7,12H,2H2,1H3. The molecular formula is C12H11ClF2N2O. The molecule has 3 nitrogen and oxygen atoms in total. The SMILES string of the molecule is CCOc1ccc(-n2nc(C(F)F)cc2Cl)cc1. The van der Waals surface area contributed by atoms with Gasteiger partial charge in [0.25, 0.3) is 6.43 Å². The van der Waals surface area contributed by atoms with E-state index < -0.39 is 6.43 Å². The molecular weight excluding hydrogens is 262 g/mol. The first-order valence-electron chi connectivity index (χ1n) is 5.38. The van der Waals surface area contributed by atoms with Crippen molar-refractivity contribution in [2.24, 2.45) is 0 Å². The van der Waals surface area contributed by atoms with Gasteiger partial charge in [-0.25, -0.2) is 13.5 Å². The van der Waals surface area contributed by atoms with Gasteiger partial charge in [-0.3, -0.25) is 0 Å². The highest BCUT2D eigenvalue weighted by Gasteiger charge is 2.15. The number of halogens is 3. The number of ether oxygens (including phenoxy) is 1. The Bertz CT molecular complexity index is 525. The molecule has 0 fully saturated rings. The highest BCUT2D eigenvalue weighted by atomic mass is 35.5. The maximum atomic E-state index is 12.5. The van der Waals surface area contributed by atoms with E-state index in [1.165, 1.54) is 4.68 Å². The minimum absolute atomic E-state index is 0.148. The second-order valence-corrected chi connectivity index (χ2v) is 3.92. The second kappa shape index (κ2) is 5.35. The fourth-order valence-electron chi connectivity index (χ4n) is 1.51. The van der Waals surface area contributed by atoms with E-state index in [1.54, 1.807) is 24.3 Å². The van der Waals surface area contributed by atoms with Crippen LogP contribution in [0.3, 0.4) is 0 Å². The van der Waals surface area contributed by atoms with Crippen molar-refractivity contribution in [3.63, 3.8) is 0 Å². The number of alkyl halides is 2. The van der Waals surface area contributed by atoms with E-state index >= 15 is 0 Å². The van der Waals surface area contributed by atoms with E-state index in [0.717, 1.165) is 6.07 Å². The van der Waals surface area contributed by atoms with Crippen LogP contribution >= 0.6 is 11.6 Å². The number of hydrogen-bond acceptors (Lipinski definition) is 2. The van der Waals surface area contributed by atoms with Crippen LogP contribution in [0.2, 0.25) is 5.15 Å². The first-order valence-corrected chi connectivity index (χ1v) is 5.76. The minimum atomic E-state index is -2.63. The number of benzene rings is 1. The molecule has 0 amide bonds. The van der Waals surface area contributed by atoms with Crippen molar-refractivity contribution in [2.45, 2.75) is 13.3 Å². The van der Waals surface area contributed by atoms with Gasteiger partial charge in [0.15, 0.2) is 0 Å². The van der Waals surface area contributed by atoms with Crippen LogP contribution in [0.15, 0.2) is 30.3 Å². The summed E-state index contributed by atoms with van der Waals surface area (Å²) in [6, 6.07) is 8.04. The molecule has 0 aliphatic carbocycles. The molecule has 0 spiro atoms. The highest BCUT2D eigenvalue weighted by Crippen LogP contribution is 2.24. The second-order valence-electron chi connectivity index (χ2n) is 3.53. The summed E-state index contributed by atoms with van der Waals surface area (Å²) < 4.78 is 31.5. The average molecular weight is 273 g/mol. The summed E-state index contributed by atoms with van der Waals surface area (Å²) in [6.45, 7) is 2.45. The van der Waals surface area contributed by atoms with Crippen LogP contribution in [0, 0.1) is 0 Å². The van der Waals surface area contributed by atoms with Crippen LogP contribution in [0.5, 0.6) is 5.75 Å². The number of nitrogens with zero attached hydrogens (tertiary/aromatic N) is 2. The van der Waals surface area contributed by atoms with Crippen molar-refractivity contribution in [2.75, 3.05) is 6.61 Å². The summed E-state index contributed by atoms with van der Waals surface area (Å²) in [7, 11) is 0. The van der Waals surface area contributed by atoms with Gasteiger partial charge in [-0.15, -0.1) is 0 Å². The Hall–Kier alpha value is -1.62. The van der Waals surface area contributed by atoms with Crippen molar-refractivity contribution in [3.8, 4) is 11.4 Å². The summed E-state index contributed by atoms with van der Waals surface area (Å²) in [5, 5.41) is 3.90. The highest BCUT2D eigenvalue weighted by molar-refractivity contribution is 6.29. The van der Waals surface area contributed by atoms with E-state index in [2.05, 4.69) is 5.10 Å². The van der Waals surface area contributed by atoms with Gasteiger partial charge >= 0.3 is 0 Å². The monoisotopic (exact) mass is 272 g/mol. The first kappa shape index (κ1) is 12.8. The molecule has 0 bridgehead atoms. The van der Waals surface area contributed by atoms with E-state index in [4.69, 9.17) is 16.3 Å². The Balaban J connectivity index is 2.30. The first-order chi connectivity index (χ1) is 8.61. The third-order valence-electron chi connectivity index (χ3n) is 2.30. The molecule has 1 aromatic heterocycles. The summed E-state index contributed by atoms with van der Waals surface area (Å²) in [5.41, 5.74) is 0.268. The molecule has 1 heterocycles. The van der Waals surface area contributed by atoms with Crippen LogP contribution in [-0.4, -0.2) is 16.4 Å². The zero-order valence-corrected chi connectivity index (χ0v) is 10.4. The van der Waals surface area contributed by atoms with E-state index in [9.17, 15) is 8.78 Å². The van der Waals surface area contributed by atoms with Gasteiger partial charge in [0.05, 0.1) is 12.3 Å². The number of aromatic nitrogens is 2. The molecule has 96 valence electrons. The maximum absolute atomic E-state index is 12.5. The Labute approximate surface area is 108 Å². The summed E-state index contributed by atoms with van der Waals surface area (Å²) in [6.07, 6.45) is -2.63. The fourth-order valence-corrected chi connectivity index (χ4v) is 1.76. The topological polar surface area (TPSA) is 27.1 Å². The molecule has 18 heavy (non-hydrogen) atoms. The van der Waals surface area contributed by atoms with Crippen LogP contribution in [-0.2, 0) is 0 Å². The molecule has 0 saturated heterocycles. The number of rotatable bonds is 4. The zero-order chi connectivity index (χ0) is 13.1. The molecule has 2 aromatic rings. The molecule has 0 saturated carbocycles. The van der Waals surface area contributed by atoms with E-state index in [1.807, 2.05) is 6.92 Å². The van der Waals surface area contributed by atoms with Crippen molar-refractivity contribution >= 4 is 11.6 Å². The molecule has 1 aromatic carbocycles. The fraction of sp³-hybridized carbons (Fsp3) is 0.250. The summed E-state index contributed by atoms with van der Waals surface area (Å²) in [5.74, 6) is 0.707. The quantitative estimate of drug-likeness (QED) is 0.845. The van der Waals surface area contributed by atoms with Gasteiger partial charge in [0.2, 0.25) is 0 Å². The average Bonchev–Trinajstić information content (AvgIpc) is 2.73. The van der Waals surface area contributed by atoms with Crippen molar-refractivity contribution in [1.29, 1.82) is 0 Å². The Morgan fingerprint density at radius 3 is 2.50 bits per heavy atom. The third-order valence-corrected chi connectivity index (χ3v) is 2.57. The molecule has 0 radical (unpaired) electrons. The van der Waals surface area contributed by atoms with Crippen molar-refractivity contribution in [3.05, 3.63) is 41.2 Å². The van der Waals surface area contributed by atoms with Crippen LogP contribution in [0.4, 0.5) is 8.78 Å². The molecule has 0 aliphatic rings. The van der Waals surface area contributed by atoms with Gasteiger partial charge in [0, 0.05) is 6.07 Å². The van der Waals surface area contributed by atoms with Gasteiger partial charge in [-0.2, -0.15) is 5.10 Å². The lowest BCUT2D eigenvalue weighted by Crippen LogP contribution is -1.98. The van der Waals surface area contributed by atoms with Crippen LogP contribution in [0.1, 0.15) is 19.0 Å². The maximum Gasteiger partial charge on any atom is 0.282 e. The van der Waals surface area contributed by atoms with E-state index in [-0.39, 0.29) is 10.8 Å². The molecule has 0 N–H and O–H groups in total. The summed E-state index contributed by atoms with van der Waals surface area (Å²) in [4.78, 5) is 0.